The molecule has 4 nitrogen and oxygen atoms in total. The van der Waals surface area contributed by atoms with Crippen LogP contribution in [-0.2, 0) is 0 Å². The standard InChI is InChI=1S/C12H13BrClN3O/c1-3-10(15-2)12-17-16-11(18-12)8-6-7(14)4-5-9(8)13/h4-6,10,15H,3H2,1-2H3. The normalized spacial score (nSPS) is 12.7. The molecule has 1 unspecified atom stereocenters. The molecule has 0 saturated heterocycles. The van der Waals surface area contributed by atoms with Gasteiger partial charge in [0.15, 0.2) is 0 Å². The van der Waals surface area contributed by atoms with Gasteiger partial charge in [0.25, 0.3) is 0 Å². The Kier molecular flexibility index (Phi) is 4.37. The maximum Gasteiger partial charge on any atom is 0.249 e. The second-order valence-electron chi connectivity index (χ2n) is 3.82. The van der Waals surface area contributed by atoms with E-state index < -0.39 is 0 Å². The number of hydrogen-bond donors (Lipinski definition) is 1. The Bertz CT molecular complexity index is 540. The minimum atomic E-state index is 0.0733. The van der Waals surface area contributed by atoms with Crippen LogP contribution in [0.15, 0.2) is 27.1 Å². The lowest BCUT2D eigenvalue weighted by Crippen LogP contribution is -2.15. The molecule has 1 N–H and O–H groups in total. The van der Waals surface area contributed by atoms with Crippen molar-refractivity contribution in [2.75, 3.05) is 7.05 Å². The number of hydrogen-bond acceptors (Lipinski definition) is 4. The molecule has 0 aliphatic rings. The van der Waals surface area contributed by atoms with Crippen molar-refractivity contribution >= 4 is 27.5 Å². The summed E-state index contributed by atoms with van der Waals surface area (Å²) in [5.41, 5.74) is 0.798. The number of rotatable bonds is 4. The summed E-state index contributed by atoms with van der Waals surface area (Å²) in [4.78, 5) is 0. The van der Waals surface area contributed by atoms with Crippen LogP contribution in [0, 0.1) is 0 Å². The Labute approximate surface area is 119 Å². The maximum absolute atomic E-state index is 5.97. The molecule has 6 heteroatoms. The van der Waals surface area contributed by atoms with Gasteiger partial charge in [-0.1, -0.05) is 18.5 Å². The average Bonchev–Trinajstić information content (AvgIpc) is 2.83. The first-order valence-corrected chi connectivity index (χ1v) is 6.79. The van der Waals surface area contributed by atoms with Crippen LogP contribution in [0.25, 0.3) is 11.5 Å². The molecule has 0 radical (unpaired) electrons. The highest BCUT2D eigenvalue weighted by molar-refractivity contribution is 9.10. The lowest BCUT2D eigenvalue weighted by molar-refractivity contribution is 0.415. The third kappa shape index (κ3) is 2.74. The zero-order valence-corrected chi connectivity index (χ0v) is 12.4. The van der Waals surface area contributed by atoms with Gasteiger partial charge in [-0.15, -0.1) is 10.2 Å². The number of nitrogens with zero attached hydrogens (tertiary/aromatic N) is 2. The first kappa shape index (κ1) is 13.5. The van der Waals surface area contributed by atoms with Crippen LogP contribution in [0.4, 0.5) is 0 Å². The molecule has 1 heterocycles. The van der Waals surface area contributed by atoms with E-state index in [0.717, 1.165) is 16.5 Å². The van der Waals surface area contributed by atoms with Gasteiger partial charge in [0.05, 0.1) is 11.6 Å². The average molecular weight is 331 g/mol. The fourth-order valence-electron chi connectivity index (χ4n) is 1.65. The summed E-state index contributed by atoms with van der Waals surface area (Å²) in [6.07, 6.45) is 0.884. The Morgan fingerprint density at radius 3 is 2.89 bits per heavy atom. The third-order valence-electron chi connectivity index (χ3n) is 2.65. The lowest BCUT2D eigenvalue weighted by Gasteiger charge is -2.07. The molecule has 0 aliphatic heterocycles. The smallest absolute Gasteiger partial charge is 0.249 e. The van der Waals surface area contributed by atoms with E-state index in [0.29, 0.717) is 16.8 Å². The lowest BCUT2D eigenvalue weighted by atomic mass is 10.2. The zero-order chi connectivity index (χ0) is 13.1. The molecule has 0 aliphatic carbocycles. The Balaban J connectivity index is 2.37. The van der Waals surface area contributed by atoms with Crippen LogP contribution in [-0.4, -0.2) is 17.2 Å². The Morgan fingerprint density at radius 2 is 2.22 bits per heavy atom. The number of halogens is 2. The van der Waals surface area contributed by atoms with Crippen molar-refractivity contribution in [1.29, 1.82) is 0 Å². The van der Waals surface area contributed by atoms with Gasteiger partial charge in [-0.3, -0.25) is 0 Å². The Hall–Kier alpha value is -0.910. The van der Waals surface area contributed by atoms with Crippen LogP contribution in [0.5, 0.6) is 0 Å². The van der Waals surface area contributed by atoms with E-state index in [4.69, 9.17) is 16.0 Å². The van der Waals surface area contributed by atoms with Crippen LogP contribution in [0.3, 0.4) is 0 Å². The molecule has 2 rings (SSSR count). The topological polar surface area (TPSA) is 51.0 Å². The van der Waals surface area contributed by atoms with E-state index in [1.807, 2.05) is 13.1 Å². The van der Waals surface area contributed by atoms with Gasteiger partial charge in [-0.2, -0.15) is 0 Å². The molecular formula is C12H13BrClN3O. The van der Waals surface area contributed by atoms with Gasteiger partial charge < -0.3 is 9.73 Å². The number of aromatic nitrogens is 2. The summed E-state index contributed by atoms with van der Waals surface area (Å²) in [5, 5.41) is 11.9. The van der Waals surface area contributed by atoms with Gasteiger partial charge >= 0.3 is 0 Å². The number of nitrogens with one attached hydrogen (secondary N) is 1. The molecule has 0 spiro atoms. The van der Waals surface area contributed by atoms with Gasteiger partial charge in [-0.05, 0) is 47.6 Å². The summed E-state index contributed by atoms with van der Waals surface area (Å²) in [7, 11) is 1.87. The number of benzene rings is 1. The van der Waals surface area contributed by atoms with Crippen LogP contribution in [0.1, 0.15) is 25.3 Å². The fourth-order valence-corrected chi connectivity index (χ4v) is 2.24. The molecule has 0 saturated carbocycles. The van der Waals surface area contributed by atoms with Crippen molar-refractivity contribution in [2.45, 2.75) is 19.4 Å². The second-order valence-corrected chi connectivity index (χ2v) is 5.11. The third-order valence-corrected chi connectivity index (χ3v) is 3.58. The van der Waals surface area contributed by atoms with Crippen molar-refractivity contribution in [1.82, 2.24) is 15.5 Å². The van der Waals surface area contributed by atoms with Crippen molar-refractivity contribution in [2.24, 2.45) is 0 Å². The summed E-state index contributed by atoms with van der Waals surface area (Å²) >= 11 is 9.41. The summed E-state index contributed by atoms with van der Waals surface area (Å²) in [5.74, 6) is 1.05. The first-order valence-electron chi connectivity index (χ1n) is 5.61. The molecule has 1 atom stereocenters. The minimum Gasteiger partial charge on any atom is -0.419 e. The van der Waals surface area contributed by atoms with E-state index in [1.54, 1.807) is 12.1 Å². The van der Waals surface area contributed by atoms with Crippen LogP contribution < -0.4 is 5.32 Å². The quantitative estimate of drug-likeness (QED) is 0.926. The van der Waals surface area contributed by atoms with Gasteiger partial charge in [0.1, 0.15) is 0 Å². The highest BCUT2D eigenvalue weighted by Gasteiger charge is 2.17. The van der Waals surface area contributed by atoms with Crippen molar-refractivity contribution in [3.05, 3.63) is 33.6 Å². The molecule has 18 heavy (non-hydrogen) atoms. The van der Waals surface area contributed by atoms with E-state index >= 15 is 0 Å². The Morgan fingerprint density at radius 1 is 1.44 bits per heavy atom. The highest BCUT2D eigenvalue weighted by atomic mass is 79.9. The van der Waals surface area contributed by atoms with E-state index in [2.05, 4.69) is 38.4 Å². The molecule has 1 aromatic heterocycles. The molecule has 0 amide bonds. The molecule has 2 aromatic rings. The first-order chi connectivity index (χ1) is 8.65. The monoisotopic (exact) mass is 329 g/mol. The van der Waals surface area contributed by atoms with E-state index in [9.17, 15) is 0 Å². The molecule has 0 bridgehead atoms. The highest BCUT2D eigenvalue weighted by Crippen LogP contribution is 2.30. The second kappa shape index (κ2) is 5.82. The maximum atomic E-state index is 5.97. The fraction of sp³-hybridized carbons (Fsp3) is 0.333. The van der Waals surface area contributed by atoms with Gasteiger partial charge in [-0.25, -0.2) is 0 Å². The summed E-state index contributed by atoms with van der Waals surface area (Å²) < 4.78 is 6.55. The van der Waals surface area contributed by atoms with Crippen molar-refractivity contribution in [3.63, 3.8) is 0 Å². The molecule has 1 aromatic carbocycles. The van der Waals surface area contributed by atoms with Crippen LogP contribution >= 0.6 is 27.5 Å². The molecule has 96 valence electrons. The van der Waals surface area contributed by atoms with E-state index in [1.165, 1.54) is 0 Å². The van der Waals surface area contributed by atoms with E-state index in [-0.39, 0.29) is 6.04 Å². The summed E-state index contributed by atoms with van der Waals surface area (Å²) in [6, 6.07) is 5.53. The van der Waals surface area contributed by atoms with Crippen molar-refractivity contribution in [3.8, 4) is 11.5 Å². The SMILES string of the molecule is CCC(NC)c1nnc(-c2cc(Cl)ccc2Br)o1. The predicted molar refractivity (Wildman–Crippen MR) is 74.5 cm³/mol. The molecule has 0 fully saturated rings. The predicted octanol–water partition coefficient (Wildman–Crippen LogP) is 3.82. The van der Waals surface area contributed by atoms with Crippen molar-refractivity contribution < 1.29 is 4.42 Å². The minimum absolute atomic E-state index is 0.0733. The molecular weight excluding hydrogens is 318 g/mol. The zero-order valence-electron chi connectivity index (χ0n) is 10.1. The van der Waals surface area contributed by atoms with Gasteiger partial charge in [0, 0.05) is 9.50 Å². The largest absolute Gasteiger partial charge is 0.419 e. The summed E-state index contributed by atoms with van der Waals surface area (Å²) in [6.45, 7) is 2.06. The van der Waals surface area contributed by atoms with Crippen LogP contribution in [0.2, 0.25) is 5.02 Å². The van der Waals surface area contributed by atoms with Gasteiger partial charge in [0.2, 0.25) is 11.8 Å².